The van der Waals surface area contributed by atoms with Crippen LogP contribution in [0.4, 0.5) is 0 Å². The van der Waals surface area contributed by atoms with Crippen molar-refractivity contribution in [1.29, 1.82) is 0 Å². The number of aromatic hydroxyl groups is 1. The Bertz CT molecular complexity index is 984. The van der Waals surface area contributed by atoms with Crippen molar-refractivity contribution in [3.63, 3.8) is 0 Å². The molecule has 0 amide bonds. The maximum Gasteiger partial charge on any atom is 0.184 e. The number of hydrogen-bond donors (Lipinski definition) is 1. The van der Waals surface area contributed by atoms with Gasteiger partial charge in [0.2, 0.25) is 0 Å². The number of ketones is 1. The summed E-state index contributed by atoms with van der Waals surface area (Å²) in [5, 5.41) is 13.2. The van der Waals surface area contributed by atoms with Crippen LogP contribution >= 0.6 is 34.5 Å². The predicted molar refractivity (Wildman–Crippen MR) is 107 cm³/mol. The number of halogens is 2. The predicted octanol–water partition coefficient (Wildman–Crippen LogP) is 5.51. The van der Waals surface area contributed by atoms with Crippen LogP contribution in [-0.2, 0) is 0 Å². The molecule has 0 fully saturated rings. The molecule has 0 aliphatic rings. The number of nitrogens with zero attached hydrogens (tertiary/aromatic N) is 2. The van der Waals surface area contributed by atoms with Crippen LogP contribution in [0.3, 0.4) is 0 Å². The first-order valence-electron chi connectivity index (χ1n) is 7.68. The van der Waals surface area contributed by atoms with Crippen LogP contribution in [0, 0.1) is 0 Å². The quantitative estimate of drug-likeness (QED) is 0.450. The van der Waals surface area contributed by atoms with Crippen LogP contribution in [0.15, 0.2) is 53.1 Å². The van der Waals surface area contributed by atoms with Crippen molar-refractivity contribution < 1.29 is 9.90 Å². The summed E-state index contributed by atoms with van der Waals surface area (Å²) < 4.78 is 0. The maximum absolute atomic E-state index is 12.1. The molecular weight excluding hydrogens is 391 g/mol. The topological polar surface area (TPSA) is 62.5 Å². The Morgan fingerprint density at radius 3 is 2.62 bits per heavy atom. The number of pyridine rings is 1. The van der Waals surface area contributed by atoms with Gasteiger partial charge in [-0.2, -0.15) is 0 Å². The van der Waals surface area contributed by atoms with E-state index in [4.69, 9.17) is 23.2 Å². The van der Waals surface area contributed by atoms with Gasteiger partial charge in [0.05, 0.1) is 14.9 Å². The number of aliphatic imine (C=N–C) groups is 1. The highest BCUT2D eigenvalue weighted by Crippen LogP contribution is 2.40. The Morgan fingerprint density at radius 2 is 1.92 bits per heavy atom. The van der Waals surface area contributed by atoms with Gasteiger partial charge >= 0.3 is 0 Å². The van der Waals surface area contributed by atoms with Crippen LogP contribution in [0.2, 0.25) is 10.0 Å². The summed E-state index contributed by atoms with van der Waals surface area (Å²) in [6.07, 6.45) is 3.13. The lowest BCUT2D eigenvalue weighted by molar-refractivity contribution is 0.100. The normalized spacial score (nSPS) is 11.6. The standard InChI is InChI=1S/C19H14Cl2N2O2S/c1-11(23-9-17(24)12-4-6-22-7-5-12)14-10-26-19(18(14)25)13-2-3-15(20)16(21)8-13/h2-8,10,25H,9H2,1H3. The molecule has 2 heterocycles. The zero-order chi connectivity index (χ0) is 18.7. The average molecular weight is 405 g/mol. The van der Waals surface area contributed by atoms with E-state index in [1.807, 2.05) is 5.38 Å². The zero-order valence-corrected chi connectivity index (χ0v) is 16.1. The van der Waals surface area contributed by atoms with Crippen LogP contribution in [0.1, 0.15) is 22.8 Å². The third-order valence-corrected chi connectivity index (χ3v) is 5.56. The fourth-order valence-corrected chi connectivity index (χ4v) is 3.66. The van der Waals surface area contributed by atoms with E-state index in [9.17, 15) is 9.90 Å². The second-order valence-electron chi connectivity index (χ2n) is 5.52. The lowest BCUT2D eigenvalue weighted by Gasteiger charge is -2.04. The van der Waals surface area contributed by atoms with Crippen molar-refractivity contribution in [2.24, 2.45) is 4.99 Å². The fourth-order valence-electron chi connectivity index (χ4n) is 2.36. The third-order valence-electron chi connectivity index (χ3n) is 3.80. The number of aromatic nitrogens is 1. The molecule has 132 valence electrons. The smallest absolute Gasteiger partial charge is 0.184 e. The molecule has 4 nitrogen and oxygen atoms in total. The molecule has 1 N–H and O–H groups in total. The van der Waals surface area contributed by atoms with Crippen molar-refractivity contribution in [2.45, 2.75) is 6.92 Å². The molecule has 0 unspecified atom stereocenters. The number of rotatable bonds is 5. The molecule has 7 heteroatoms. The van der Waals surface area contributed by atoms with E-state index in [1.54, 1.807) is 49.6 Å². The molecule has 0 atom stereocenters. The number of hydrogen-bond acceptors (Lipinski definition) is 5. The van der Waals surface area contributed by atoms with Gasteiger partial charge in [-0.15, -0.1) is 11.3 Å². The monoisotopic (exact) mass is 404 g/mol. The first kappa shape index (κ1) is 18.6. The Labute approximate surface area is 164 Å². The van der Waals surface area contributed by atoms with Crippen molar-refractivity contribution in [3.8, 4) is 16.2 Å². The van der Waals surface area contributed by atoms with Crippen molar-refractivity contribution in [3.05, 3.63) is 69.3 Å². The molecule has 0 aliphatic heterocycles. The molecular formula is C19H14Cl2N2O2S. The average Bonchev–Trinajstić information content (AvgIpc) is 3.04. The summed E-state index contributed by atoms with van der Waals surface area (Å²) >= 11 is 13.4. The van der Waals surface area contributed by atoms with Crippen LogP contribution in [-0.4, -0.2) is 28.1 Å². The molecule has 3 rings (SSSR count). The Hall–Kier alpha value is -2.21. The minimum Gasteiger partial charge on any atom is -0.506 e. The highest BCUT2D eigenvalue weighted by Gasteiger charge is 2.16. The van der Waals surface area contributed by atoms with Gasteiger partial charge in [-0.1, -0.05) is 29.3 Å². The van der Waals surface area contributed by atoms with Crippen molar-refractivity contribution in [1.82, 2.24) is 4.98 Å². The van der Waals surface area contributed by atoms with Gasteiger partial charge in [-0.05, 0) is 36.8 Å². The third kappa shape index (κ3) is 3.96. The fraction of sp³-hybridized carbons (Fsp3) is 0.105. The summed E-state index contributed by atoms with van der Waals surface area (Å²) in [6.45, 7) is 1.77. The van der Waals surface area contributed by atoms with Crippen molar-refractivity contribution >= 4 is 46.0 Å². The zero-order valence-electron chi connectivity index (χ0n) is 13.7. The van der Waals surface area contributed by atoms with Gasteiger partial charge in [-0.25, -0.2) is 0 Å². The molecule has 0 saturated heterocycles. The molecule has 0 spiro atoms. The summed E-state index contributed by atoms with van der Waals surface area (Å²) in [5.74, 6) is 0.0113. The molecule has 0 radical (unpaired) electrons. The largest absolute Gasteiger partial charge is 0.506 e. The Balaban J connectivity index is 1.82. The SMILES string of the molecule is CC(=NCC(=O)c1ccncc1)c1csc(-c2ccc(Cl)c(Cl)c2)c1O. The van der Waals surface area contributed by atoms with Crippen LogP contribution in [0.25, 0.3) is 10.4 Å². The van der Waals surface area contributed by atoms with Gasteiger partial charge in [-0.3, -0.25) is 14.8 Å². The second-order valence-corrected chi connectivity index (χ2v) is 7.21. The molecule has 0 bridgehead atoms. The van der Waals surface area contributed by atoms with Gasteiger partial charge < -0.3 is 5.11 Å². The number of carbonyl (C=O) groups excluding carboxylic acids is 1. The Kier molecular flexibility index (Phi) is 5.71. The lowest BCUT2D eigenvalue weighted by atomic mass is 10.1. The maximum atomic E-state index is 12.1. The minimum atomic E-state index is -0.105. The second kappa shape index (κ2) is 7.99. The van der Waals surface area contributed by atoms with E-state index >= 15 is 0 Å². The highest BCUT2D eigenvalue weighted by molar-refractivity contribution is 7.14. The van der Waals surface area contributed by atoms with Crippen molar-refractivity contribution in [2.75, 3.05) is 6.54 Å². The molecule has 3 aromatic rings. The number of carbonyl (C=O) groups is 1. The Morgan fingerprint density at radius 1 is 1.19 bits per heavy atom. The number of benzene rings is 1. The lowest BCUT2D eigenvalue weighted by Crippen LogP contribution is -2.06. The van der Waals surface area contributed by atoms with E-state index in [1.165, 1.54) is 11.3 Å². The summed E-state index contributed by atoms with van der Waals surface area (Å²) in [4.78, 5) is 21.0. The van der Waals surface area contributed by atoms with E-state index in [-0.39, 0.29) is 18.1 Å². The summed E-state index contributed by atoms with van der Waals surface area (Å²) in [5.41, 5.74) is 2.52. The van der Waals surface area contributed by atoms with Crippen LogP contribution < -0.4 is 0 Å². The molecule has 2 aromatic heterocycles. The number of thiophene rings is 1. The van der Waals surface area contributed by atoms with E-state index in [0.29, 0.717) is 31.8 Å². The van der Waals surface area contributed by atoms with E-state index in [2.05, 4.69) is 9.98 Å². The van der Waals surface area contributed by atoms with E-state index in [0.717, 1.165) is 5.56 Å². The van der Waals surface area contributed by atoms with Gasteiger partial charge in [0, 0.05) is 34.6 Å². The molecule has 0 aliphatic carbocycles. The van der Waals surface area contributed by atoms with E-state index < -0.39 is 0 Å². The first-order chi connectivity index (χ1) is 12.5. The van der Waals surface area contributed by atoms with Gasteiger partial charge in [0.15, 0.2) is 5.78 Å². The molecule has 0 saturated carbocycles. The molecule has 26 heavy (non-hydrogen) atoms. The van der Waals surface area contributed by atoms with Gasteiger partial charge in [0.25, 0.3) is 0 Å². The highest BCUT2D eigenvalue weighted by atomic mass is 35.5. The minimum absolute atomic E-state index is 0.00718. The number of Topliss-reactive ketones (excluding diaryl/α,β-unsaturated/α-hetero) is 1. The molecule has 1 aromatic carbocycles. The summed E-state index contributed by atoms with van der Waals surface area (Å²) in [7, 11) is 0. The van der Waals surface area contributed by atoms with Crippen LogP contribution in [0.5, 0.6) is 5.75 Å². The van der Waals surface area contributed by atoms with Gasteiger partial charge in [0.1, 0.15) is 12.3 Å². The summed E-state index contributed by atoms with van der Waals surface area (Å²) in [6, 6.07) is 8.49. The first-order valence-corrected chi connectivity index (χ1v) is 9.31.